The van der Waals surface area contributed by atoms with E-state index in [1.807, 2.05) is 13.8 Å². The first kappa shape index (κ1) is 16.1. The third kappa shape index (κ3) is 2.77. The molecule has 0 amide bonds. The van der Waals surface area contributed by atoms with E-state index in [9.17, 15) is 4.39 Å². The summed E-state index contributed by atoms with van der Waals surface area (Å²) in [6.07, 6.45) is 5.35. The third-order valence-corrected chi connectivity index (χ3v) is 4.10. The molecule has 4 aromatic rings. The summed E-state index contributed by atoms with van der Waals surface area (Å²) in [6, 6.07) is 6.18. The summed E-state index contributed by atoms with van der Waals surface area (Å²) < 4.78 is 20.6. The van der Waals surface area contributed by atoms with Crippen molar-refractivity contribution in [2.45, 2.75) is 13.8 Å². The second kappa shape index (κ2) is 6.18. The van der Waals surface area contributed by atoms with Gasteiger partial charge < -0.3 is 4.74 Å². The number of fused-ring (bicyclic) bond motifs is 2. The number of ether oxygens (including phenoxy) is 1. The molecule has 0 spiro atoms. The quantitative estimate of drug-likeness (QED) is 0.565. The van der Waals surface area contributed by atoms with E-state index in [-0.39, 0.29) is 5.82 Å². The minimum absolute atomic E-state index is 0.325. The van der Waals surface area contributed by atoms with Crippen LogP contribution in [0.25, 0.3) is 28.7 Å². The molecular weight excluding hydrogens is 333 g/mol. The second-order valence-corrected chi connectivity index (χ2v) is 5.93. The molecule has 0 saturated heterocycles. The molecule has 0 N–H and O–H groups in total. The van der Waals surface area contributed by atoms with E-state index in [2.05, 4.69) is 20.1 Å². The molecule has 0 fully saturated rings. The molecule has 0 aliphatic heterocycles. The fourth-order valence-corrected chi connectivity index (χ4v) is 2.78. The Bertz CT molecular complexity index is 1130. The first-order valence-electron chi connectivity index (χ1n) is 8.06. The van der Waals surface area contributed by atoms with Gasteiger partial charge in [0.05, 0.1) is 29.7 Å². The smallest absolute Gasteiger partial charge is 0.177 e. The van der Waals surface area contributed by atoms with E-state index in [4.69, 9.17) is 4.74 Å². The van der Waals surface area contributed by atoms with Gasteiger partial charge in [-0.3, -0.25) is 4.98 Å². The van der Waals surface area contributed by atoms with Crippen molar-refractivity contribution in [2.75, 3.05) is 7.11 Å². The third-order valence-electron chi connectivity index (χ3n) is 4.10. The number of halogens is 1. The molecule has 4 rings (SSSR count). The predicted molar refractivity (Wildman–Crippen MR) is 97.4 cm³/mol. The number of methoxy groups -OCH3 is 1. The number of aryl methyl sites for hydroxylation is 2. The molecule has 0 aliphatic carbocycles. The Morgan fingerprint density at radius 3 is 2.73 bits per heavy atom. The van der Waals surface area contributed by atoms with E-state index in [1.165, 1.54) is 12.1 Å². The molecule has 7 heteroatoms. The lowest BCUT2D eigenvalue weighted by Crippen LogP contribution is -1.97. The Labute approximate surface area is 149 Å². The first-order chi connectivity index (χ1) is 12.5. The van der Waals surface area contributed by atoms with Crippen molar-refractivity contribution in [1.82, 2.24) is 24.6 Å². The number of aromatic nitrogens is 5. The van der Waals surface area contributed by atoms with Crippen LogP contribution in [0.4, 0.5) is 4.39 Å². The van der Waals surface area contributed by atoms with Crippen molar-refractivity contribution >= 4 is 28.7 Å². The summed E-state index contributed by atoms with van der Waals surface area (Å²) in [5.74, 6) is 0.798. The highest BCUT2D eigenvalue weighted by Gasteiger charge is 2.08. The van der Waals surface area contributed by atoms with Crippen LogP contribution >= 0.6 is 0 Å². The van der Waals surface area contributed by atoms with E-state index >= 15 is 0 Å². The lowest BCUT2D eigenvalue weighted by Gasteiger charge is -2.06. The van der Waals surface area contributed by atoms with Crippen LogP contribution in [0.3, 0.4) is 0 Å². The summed E-state index contributed by atoms with van der Waals surface area (Å²) in [4.78, 5) is 13.3. The summed E-state index contributed by atoms with van der Waals surface area (Å²) in [5.41, 5.74) is 3.78. The lowest BCUT2D eigenvalue weighted by atomic mass is 10.1. The van der Waals surface area contributed by atoms with Gasteiger partial charge in [-0.05, 0) is 44.2 Å². The van der Waals surface area contributed by atoms with Crippen molar-refractivity contribution in [3.8, 4) is 5.75 Å². The molecular formula is C19H16FN5O. The van der Waals surface area contributed by atoms with Gasteiger partial charge in [0, 0.05) is 17.6 Å². The summed E-state index contributed by atoms with van der Waals surface area (Å²) in [6.45, 7) is 3.82. The highest BCUT2D eigenvalue weighted by Crippen LogP contribution is 2.26. The molecule has 0 saturated carbocycles. The molecule has 0 unspecified atom stereocenters. The van der Waals surface area contributed by atoms with E-state index < -0.39 is 0 Å². The molecule has 3 aromatic heterocycles. The number of pyridine rings is 1. The van der Waals surface area contributed by atoms with Crippen molar-refractivity contribution in [1.29, 1.82) is 0 Å². The number of nitrogens with zero attached hydrogens (tertiary/aromatic N) is 5. The van der Waals surface area contributed by atoms with Gasteiger partial charge in [-0.2, -0.15) is 0 Å². The number of hydrogen-bond donors (Lipinski definition) is 0. The van der Waals surface area contributed by atoms with Crippen molar-refractivity contribution < 1.29 is 9.13 Å². The minimum Gasteiger partial charge on any atom is -0.496 e. The van der Waals surface area contributed by atoms with E-state index in [1.54, 1.807) is 42.1 Å². The van der Waals surface area contributed by atoms with Crippen LogP contribution in [0.2, 0.25) is 0 Å². The van der Waals surface area contributed by atoms with Crippen molar-refractivity contribution in [3.05, 3.63) is 59.2 Å². The van der Waals surface area contributed by atoms with E-state index in [0.717, 1.165) is 17.0 Å². The van der Waals surface area contributed by atoms with Crippen LogP contribution in [-0.4, -0.2) is 31.7 Å². The van der Waals surface area contributed by atoms with Gasteiger partial charge in [-0.1, -0.05) is 0 Å². The van der Waals surface area contributed by atoms with Crippen molar-refractivity contribution in [3.63, 3.8) is 0 Å². The minimum atomic E-state index is -0.325. The Morgan fingerprint density at radius 2 is 1.96 bits per heavy atom. The van der Waals surface area contributed by atoms with Crippen molar-refractivity contribution in [2.24, 2.45) is 0 Å². The maximum atomic E-state index is 13.5. The topological polar surface area (TPSA) is 65.2 Å². The SMILES string of the molecule is COc1cc(C=Cc2nc3c(C)ncc(C)n3n2)nc2ccc(F)cc12. The zero-order chi connectivity index (χ0) is 18.3. The zero-order valence-corrected chi connectivity index (χ0v) is 14.6. The molecule has 0 atom stereocenters. The molecule has 6 nitrogen and oxygen atoms in total. The molecule has 1 aromatic carbocycles. The van der Waals surface area contributed by atoms with Crippen LogP contribution in [-0.2, 0) is 0 Å². The molecule has 0 radical (unpaired) electrons. The first-order valence-corrected chi connectivity index (χ1v) is 8.06. The maximum Gasteiger partial charge on any atom is 0.177 e. The highest BCUT2D eigenvalue weighted by molar-refractivity contribution is 5.87. The summed E-state index contributed by atoms with van der Waals surface area (Å²) in [5, 5.41) is 5.11. The number of rotatable bonds is 3. The van der Waals surface area contributed by atoms with Gasteiger partial charge in [0.2, 0.25) is 0 Å². The Morgan fingerprint density at radius 1 is 1.12 bits per heavy atom. The second-order valence-electron chi connectivity index (χ2n) is 5.93. The standard InChI is InChI=1S/C19H16FN5O/c1-11-10-21-12(2)19-23-18(24-25(11)19)7-5-14-9-17(26-3)15-8-13(20)4-6-16(15)22-14/h4-10H,1-3H3. The van der Waals surface area contributed by atoms with Gasteiger partial charge in [0.25, 0.3) is 0 Å². The van der Waals surface area contributed by atoms with Crippen LogP contribution in [0.1, 0.15) is 22.9 Å². The van der Waals surface area contributed by atoms with Gasteiger partial charge in [0.15, 0.2) is 11.5 Å². The molecule has 26 heavy (non-hydrogen) atoms. The Kier molecular flexibility index (Phi) is 3.84. The van der Waals surface area contributed by atoms with Gasteiger partial charge in [0.1, 0.15) is 11.6 Å². The number of benzene rings is 1. The molecule has 0 bridgehead atoms. The monoisotopic (exact) mass is 349 g/mol. The molecule has 3 heterocycles. The van der Waals surface area contributed by atoms with Crippen LogP contribution in [0, 0.1) is 19.7 Å². The Hall–Kier alpha value is -3.35. The fraction of sp³-hybridized carbons (Fsp3) is 0.158. The Balaban J connectivity index is 1.76. The number of hydrogen-bond acceptors (Lipinski definition) is 5. The van der Waals surface area contributed by atoms with Crippen LogP contribution in [0.15, 0.2) is 30.5 Å². The van der Waals surface area contributed by atoms with Gasteiger partial charge in [-0.15, -0.1) is 5.10 Å². The van der Waals surface area contributed by atoms with Crippen LogP contribution < -0.4 is 4.74 Å². The molecule has 130 valence electrons. The fourth-order valence-electron chi connectivity index (χ4n) is 2.78. The maximum absolute atomic E-state index is 13.5. The van der Waals surface area contributed by atoms with E-state index in [0.29, 0.717) is 28.2 Å². The average Bonchev–Trinajstić information content (AvgIpc) is 3.08. The highest BCUT2D eigenvalue weighted by atomic mass is 19.1. The summed E-state index contributed by atoms with van der Waals surface area (Å²) >= 11 is 0. The van der Waals surface area contributed by atoms with Crippen LogP contribution in [0.5, 0.6) is 5.75 Å². The van der Waals surface area contributed by atoms with Gasteiger partial charge >= 0.3 is 0 Å². The summed E-state index contributed by atoms with van der Waals surface area (Å²) in [7, 11) is 1.55. The zero-order valence-electron chi connectivity index (χ0n) is 14.6. The van der Waals surface area contributed by atoms with Gasteiger partial charge in [-0.25, -0.2) is 18.9 Å². The normalized spacial score (nSPS) is 11.7. The lowest BCUT2D eigenvalue weighted by molar-refractivity contribution is 0.419. The largest absolute Gasteiger partial charge is 0.496 e. The molecule has 0 aliphatic rings. The average molecular weight is 349 g/mol. The predicted octanol–water partition coefficient (Wildman–Crippen LogP) is 3.61.